The number of hydrogen-bond donors (Lipinski definition) is 0. The zero-order valence-corrected chi connectivity index (χ0v) is 17.3. The maximum atomic E-state index is 13.8. The molecule has 4 rings (SSSR count). The van der Waals surface area contributed by atoms with Crippen LogP contribution in [0.3, 0.4) is 0 Å². The van der Waals surface area contributed by atoms with Crippen molar-refractivity contribution in [1.29, 1.82) is 0 Å². The monoisotopic (exact) mass is 433 g/mol. The number of aromatic nitrogens is 4. The van der Waals surface area contributed by atoms with Crippen molar-refractivity contribution in [3.8, 4) is 10.8 Å². The number of halogens is 2. The quantitative estimate of drug-likeness (QED) is 0.588. The molecule has 1 aliphatic rings. The van der Waals surface area contributed by atoms with Crippen molar-refractivity contribution in [2.24, 2.45) is 0 Å². The van der Waals surface area contributed by atoms with Gasteiger partial charge in [-0.15, -0.1) is 0 Å². The number of hydrogen-bond acceptors (Lipinski definition) is 6. The Kier molecular flexibility index (Phi) is 5.18. The predicted molar refractivity (Wildman–Crippen MR) is 106 cm³/mol. The van der Waals surface area contributed by atoms with Gasteiger partial charge in [0.05, 0.1) is 22.5 Å². The summed E-state index contributed by atoms with van der Waals surface area (Å²) in [4.78, 5) is 34.9. The summed E-state index contributed by atoms with van der Waals surface area (Å²) >= 11 is 6.98. The molecule has 150 valence electrons. The molecule has 7 nitrogen and oxygen atoms in total. The van der Waals surface area contributed by atoms with Crippen LogP contribution < -0.4 is 0 Å². The summed E-state index contributed by atoms with van der Waals surface area (Å²) in [5, 5.41) is 0.643. The number of imidazole rings is 1. The fourth-order valence-electron chi connectivity index (χ4n) is 3.61. The molecule has 0 bridgehead atoms. The molecule has 0 aliphatic carbocycles. The average molecular weight is 434 g/mol. The predicted octanol–water partition coefficient (Wildman–Crippen LogP) is 3.46. The van der Waals surface area contributed by atoms with Crippen LogP contribution >= 0.6 is 23.1 Å². The van der Waals surface area contributed by atoms with Gasteiger partial charge < -0.3 is 14.3 Å². The average Bonchev–Trinajstić information content (AvgIpc) is 3.28. The van der Waals surface area contributed by atoms with E-state index >= 15 is 0 Å². The summed E-state index contributed by atoms with van der Waals surface area (Å²) in [6.07, 6.45) is 0.926. The smallest absolute Gasteiger partial charge is 0.254 e. The van der Waals surface area contributed by atoms with Crippen molar-refractivity contribution in [3.05, 3.63) is 51.8 Å². The zero-order valence-electron chi connectivity index (χ0n) is 15.7. The van der Waals surface area contributed by atoms with E-state index in [0.717, 1.165) is 18.0 Å². The molecule has 1 amide bonds. The van der Waals surface area contributed by atoms with Gasteiger partial charge in [0.1, 0.15) is 17.9 Å². The number of aldehydes is 1. The minimum Gasteiger partial charge on any atom is -0.329 e. The lowest BCUT2D eigenvalue weighted by atomic mass is 10.1. The number of carbonyl (C=O) groups is 2. The molecule has 29 heavy (non-hydrogen) atoms. The minimum absolute atomic E-state index is 0.0309. The van der Waals surface area contributed by atoms with Gasteiger partial charge in [-0.2, -0.15) is 4.37 Å². The van der Waals surface area contributed by atoms with E-state index in [-0.39, 0.29) is 29.0 Å². The minimum atomic E-state index is -0.636. The Labute approximate surface area is 175 Å². The zero-order chi connectivity index (χ0) is 20.7. The topological polar surface area (TPSA) is 81.0 Å². The second-order valence-electron chi connectivity index (χ2n) is 6.74. The maximum absolute atomic E-state index is 13.8. The van der Waals surface area contributed by atoms with Crippen LogP contribution in [-0.4, -0.2) is 42.5 Å². The summed E-state index contributed by atoms with van der Waals surface area (Å²) in [5.41, 5.74) is 1.62. The van der Waals surface area contributed by atoms with Crippen LogP contribution in [0.5, 0.6) is 0 Å². The molecule has 0 fully saturated rings. The number of carbonyl (C=O) groups excluding carboxylic acids is 2. The van der Waals surface area contributed by atoms with E-state index in [1.807, 2.05) is 11.5 Å². The third-order valence-electron chi connectivity index (χ3n) is 4.93. The van der Waals surface area contributed by atoms with Gasteiger partial charge in [0.2, 0.25) is 0 Å². The third kappa shape index (κ3) is 3.44. The van der Waals surface area contributed by atoms with Gasteiger partial charge in [0.15, 0.2) is 10.8 Å². The number of aryl methyl sites for hydroxylation is 1. The number of nitrogens with zero attached hydrogens (tertiary/aromatic N) is 5. The molecule has 1 aliphatic heterocycles. The van der Waals surface area contributed by atoms with Crippen molar-refractivity contribution in [3.63, 3.8) is 0 Å². The fourth-order valence-corrected chi connectivity index (χ4v) is 4.40. The Morgan fingerprint density at radius 3 is 2.83 bits per heavy atom. The van der Waals surface area contributed by atoms with Crippen LogP contribution in [0.4, 0.5) is 4.39 Å². The van der Waals surface area contributed by atoms with Crippen molar-refractivity contribution in [1.82, 2.24) is 23.8 Å². The SMILES string of the molecule is Cc1nsc(-c2nc(CC=O)c3n2CCN(C(=O)c2ccc(Cl)c(F)c2)[C@@H]3C)n1. The van der Waals surface area contributed by atoms with Crippen LogP contribution in [0.1, 0.15) is 40.5 Å². The van der Waals surface area contributed by atoms with E-state index in [0.29, 0.717) is 35.4 Å². The lowest BCUT2D eigenvalue weighted by molar-refractivity contribution is -0.107. The number of fused-ring (bicyclic) bond motifs is 1. The first kappa shape index (κ1) is 19.7. The molecule has 3 heterocycles. The Balaban J connectivity index is 1.73. The molecule has 0 saturated heterocycles. The second kappa shape index (κ2) is 7.64. The highest BCUT2D eigenvalue weighted by atomic mass is 35.5. The highest BCUT2D eigenvalue weighted by Crippen LogP contribution is 2.34. The first-order valence-electron chi connectivity index (χ1n) is 9.00. The van der Waals surface area contributed by atoms with Gasteiger partial charge in [0, 0.05) is 25.1 Å². The van der Waals surface area contributed by atoms with Crippen LogP contribution in [0, 0.1) is 12.7 Å². The molecule has 0 radical (unpaired) electrons. The van der Waals surface area contributed by atoms with Gasteiger partial charge in [0.25, 0.3) is 5.91 Å². The van der Waals surface area contributed by atoms with Gasteiger partial charge in [-0.05, 0) is 43.6 Å². The van der Waals surface area contributed by atoms with Gasteiger partial charge in [-0.25, -0.2) is 14.4 Å². The first-order chi connectivity index (χ1) is 13.9. The summed E-state index contributed by atoms with van der Waals surface area (Å²) in [6.45, 7) is 4.58. The van der Waals surface area contributed by atoms with Gasteiger partial charge in [-0.1, -0.05) is 11.6 Å². The van der Waals surface area contributed by atoms with Gasteiger partial charge in [-0.3, -0.25) is 4.79 Å². The summed E-state index contributed by atoms with van der Waals surface area (Å²) in [5.74, 6) is 0.373. The maximum Gasteiger partial charge on any atom is 0.254 e. The largest absolute Gasteiger partial charge is 0.329 e. The van der Waals surface area contributed by atoms with Crippen LogP contribution in [0.2, 0.25) is 5.02 Å². The number of rotatable bonds is 4. The molecule has 3 aromatic rings. The standard InChI is InChI=1S/C19H17ClFN5O2S/c1-10-16-15(5-8-27)23-17(18-22-11(2)24-29-18)26(16)7-6-25(10)19(28)12-3-4-13(20)14(21)9-12/h3-4,8-10H,5-7H2,1-2H3/t10-/m1/s1. The van der Waals surface area contributed by atoms with E-state index in [2.05, 4.69) is 14.3 Å². The normalized spacial score (nSPS) is 16.0. The molecule has 1 aromatic carbocycles. The Bertz CT molecular complexity index is 1110. The molecule has 0 spiro atoms. The van der Waals surface area contributed by atoms with E-state index < -0.39 is 5.82 Å². The highest BCUT2D eigenvalue weighted by molar-refractivity contribution is 7.09. The van der Waals surface area contributed by atoms with Crippen molar-refractivity contribution >= 4 is 35.3 Å². The number of benzene rings is 1. The summed E-state index contributed by atoms with van der Waals surface area (Å²) in [7, 11) is 0. The molecule has 0 unspecified atom stereocenters. The summed E-state index contributed by atoms with van der Waals surface area (Å²) < 4.78 is 20.0. The Hall–Kier alpha value is -2.65. The molecular weight excluding hydrogens is 417 g/mol. The first-order valence-corrected chi connectivity index (χ1v) is 10.2. The Morgan fingerprint density at radius 1 is 1.38 bits per heavy atom. The summed E-state index contributed by atoms with van der Waals surface area (Å²) in [6, 6.07) is 3.68. The van der Waals surface area contributed by atoms with E-state index in [4.69, 9.17) is 11.6 Å². The van der Waals surface area contributed by atoms with Crippen molar-refractivity contribution in [2.45, 2.75) is 32.9 Å². The number of amides is 1. The van der Waals surface area contributed by atoms with Gasteiger partial charge >= 0.3 is 0 Å². The molecule has 1 atom stereocenters. The molecular formula is C19H17ClFN5O2S. The molecule has 0 saturated carbocycles. The van der Waals surface area contributed by atoms with Crippen LogP contribution in [0.25, 0.3) is 10.8 Å². The van der Waals surface area contributed by atoms with Crippen LogP contribution in [-0.2, 0) is 17.8 Å². The Morgan fingerprint density at radius 2 is 2.17 bits per heavy atom. The molecule has 2 aromatic heterocycles. The molecule has 0 N–H and O–H groups in total. The second-order valence-corrected chi connectivity index (χ2v) is 7.90. The van der Waals surface area contributed by atoms with E-state index in [1.54, 1.807) is 11.8 Å². The fraction of sp³-hybridized carbons (Fsp3) is 0.316. The van der Waals surface area contributed by atoms with Crippen LogP contribution in [0.15, 0.2) is 18.2 Å². The highest BCUT2D eigenvalue weighted by Gasteiger charge is 2.34. The third-order valence-corrected chi connectivity index (χ3v) is 6.04. The van der Waals surface area contributed by atoms with E-state index in [1.165, 1.54) is 23.7 Å². The molecule has 10 heteroatoms. The lowest BCUT2D eigenvalue weighted by Gasteiger charge is -2.35. The van der Waals surface area contributed by atoms with E-state index in [9.17, 15) is 14.0 Å². The van der Waals surface area contributed by atoms with Crippen molar-refractivity contribution < 1.29 is 14.0 Å². The van der Waals surface area contributed by atoms with Crippen molar-refractivity contribution in [2.75, 3.05) is 6.54 Å². The lowest BCUT2D eigenvalue weighted by Crippen LogP contribution is -2.41.